The molecule has 0 aromatic carbocycles. The van der Waals surface area contributed by atoms with Gasteiger partial charge in [0.15, 0.2) is 8.32 Å². The highest BCUT2D eigenvalue weighted by molar-refractivity contribution is 6.73. The van der Waals surface area contributed by atoms with E-state index in [0.717, 1.165) is 24.4 Å². The minimum absolute atomic E-state index is 0.839. The van der Waals surface area contributed by atoms with Crippen molar-refractivity contribution in [3.05, 3.63) is 12.2 Å². The molecule has 2 aliphatic rings. The molecule has 0 radical (unpaired) electrons. The van der Waals surface area contributed by atoms with E-state index in [4.69, 9.17) is 4.43 Å². The van der Waals surface area contributed by atoms with Crippen LogP contribution in [0.4, 0.5) is 0 Å². The first kappa shape index (κ1) is 12.4. The zero-order valence-corrected chi connectivity index (χ0v) is 12.0. The summed E-state index contributed by atoms with van der Waals surface area (Å²) in [7, 11) is -1.34. The van der Waals surface area contributed by atoms with Gasteiger partial charge >= 0.3 is 0 Å². The van der Waals surface area contributed by atoms with Crippen LogP contribution in [-0.4, -0.2) is 14.9 Å². The van der Waals surface area contributed by atoms with E-state index >= 15 is 0 Å². The predicted octanol–water partition coefficient (Wildman–Crippen LogP) is 4.22. The quantitative estimate of drug-likeness (QED) is 0.497. The molecule has 0 heterocycles. The van der Waals surface area contributed by atoms with E-state index in [1.54, 1.807) is 0 Å². The maximum atomic E-state index is 6.42. The van der Waals surface area contributed by atoms with E-state index in [9.17, 15) is 0 Å². The van der Waals surface area contributed by atoms with Gasteiger partial charge in [0.2, 0.25) is 0 Å². The normalized spacial score (nSPS) is 32.6. The van der Waals surface area contributed by atoms with Crippen LogP contribution in [0.25, 0.3) is 0 Å². The first-order valence-electron chi connectivity index (χ1n) is 7.05. The molecule has 16 heavy (non-hydrogen) atoms. The van der Waals surface area contributed by atoms with Gasteiger partial charge in [0.25, 0.3) is 0 Å². The third-order valence-corrected chi connectivity index (χ3v) is 9.60. The standard InChI is InChI=1S/C14H26OSi/c1-4-16(5-2,6-3)15-11-14-10-12-7-8-13(14)9-12/h7-8,12-14H,4-6,9-11H2,1-3H3. The molecule has 1 fully saturated rings. The SMILES string of the molecule is CC[Si](CC)(CC)OCC1CC2C=CC1C2. The van der Waals surface area contributed by atoms with Gasteiger partial charge in [-0.15, -0.1) is 0 Å². The van der Waals surface area contributed by atoms with Crippen LogP contribution in [0.15, 0.2) is 12.2 Å². The summed E-state index contributed by atoms with van der Waals surface area (Å²) in [5, 5.41) is 0. The van der Waals surface area contributed by atoms with Gasteiger partial charge in [-0.2, -0.15) is 0 Å². The second kappa shape index (κ2) is 5.05. The van der Waals surface area contributed by atoms with E-state index in [1.807, 2.05) is 0 Å². The van der Waals surface area contributed by atoms with Gasteiger partial charge in [0.1, 0.15) is 0 Å². The summed E-state index contributed by atoms with van der Waals surface area (Å²) in [6, 6.07) is 3.87. The monoisotopic (exact) mass is 238 g/mol. The van der Waals surface area contributed by atoms with Gasteiger partial charge in [0.05, 0.1) is 0 Å². The van der Waals surface area contributed by atoms with Gasteiger partial charge in [-0.25, -0.2) is 0 Å². The molecular formula is C14H26OSi. The highest BCUT2D eigenvalue weighted by Crippen LogP contribution is 2.43. The molecule has 0 aliphatic heterocycles. The fraction of sp³-hybridized carbons (Fsp3) is 0.857. The van der Waals surface area contributed by atoms with Crippen LogP contribution in [0.5, 0.6) is 0 Å². The van der Waals surface area contributed by atoms with Crippen molar-refractivity contribution in [3.8, 4) is 0 Å². The zero-order chi connectivity index (χ0) is 11.6. The minimum Gasteiger partial charge on any atom is -0.417 e. The number of fused-ring (bicyclic) bond motifs is 2. The molecule has 2 bridgehead atoms. The van der Waals surface area contributed by atoms with Crippen LogP contribution in [0.2, 0.25) is 18.1 Å². The van der Waals surface area contributed by atoms with E-state index in [0.29, 0.717) is 0 Å². The third-order valence-electron chi connectivity index (χ3n) is 4.95. The van der Waals surface area contributed by atoms with E-state index < -0.39 is 8.32 Å². The lowest BCUT2D eigenvalue weighted by molar-refractivity contribution is 0.215. The van der Waals surface area contributed by atoms with Gasteiger partial charge in [0, 0.05) is 6.61 Å². The molecule has 92 valence electrons. The number of allylic oxidation sites excluding steroid dienone is 2. The second-order valence-electron chi connectivity index (χ2n) is 5.59. The summed E-state index contributed by atoms with van der Waals surface area (Å²) in [5.74, 6) is 2.58. The molecule has 0 aromatic rings. The van der Waals surface area contributed by atoms with Crippen molar-refractivity contribution in [3.63, 3.8) is 0 Å². The molecule has 3 unspecified atom stereocenters. The molecule has 0 amide bonds. The zero-order valence-electron chi connectivity index (χ0n) is 11.0. The summed E-state index contributed by atoms with van der Waals surface area (Å²) in [5.41, 5.74) is 0. The van der Waals surface area contributed by atoms with Crippen LogP contribution in [0.3, 0.4) is 0 Å². The lowest BCUT2D eigenvalue weighted by atomic mass is 9.95. The van der Waals surface area contributed by atoms with E-state index in [2.05, 4.69) is 32.9 Å². The average Bonchev–Trinajstić information content (AvgIpc) is 2.93. The van der Waals surface area contributed by atoms with Crippen molar-refractivity contribution < 1.29 is 4.43 Å². The number of hydrogen-bond donors (Lipinski definition) is 0. The Kier molecular flexibility index (Phi) is 3.91. The van der Waals surface area contributed by atoms with E-state index in [-0.39, 0.29) is 0 Å². The van der Waals surface area contributed by atoms with E-state index in [1.165, 1.54) is 31.0 Å². The maximum Gasteiger partial charge on any atom is 0.191 e. The third kappa shape index (κ3) is 2.28. The molecule has 1 saturated carbocycles. The van der Waals surface area contributed by atoms with Crippen LogP contribution in [0, 0.1) is 17.8 Å². The van der Waals surface area contributed by atoms with Gasteiger partial charge in [-0.3, -0.25) is 0 Å². The Balaban J connectivity index is 1.84. The molecule has 0 spiro atoms. The Hall–Kier alpha value is -0.0831. The summed E-state index contributed by atoms with van der Waals surface area (Å²) < 4.78 is 6.42. The first-order chi connectivity index (χ1) is 7.73. The van der Waals surface area contributed by atoms with Crippen molar-refractivity contribution in [2.75, 3.05) is 6.61 Å². The molecule has 3 atom stereocenters. The molecule has 0 N–H and O–H groups in total. The Bertz CT molecular complexity index is 249. The molecule has 1 nitrogen and oxygen atoms in total. The summed E-state index contributed by atoms with van der Waals surface area (Å²) in [6.45, 7) is 8.01. The largest absolute Gasteiger partial charge is 0.417 e. The summed E-state index contributed by atoms with van der Waals surface area (Å²) in [6.07, 6.45) is 7.66. The lowest BCUT2D eigenvalue weighted by Gasteiger charge is -2.31. The van der Waals surface area contributed by atoms with Crippen molar-refractivity contribution >= 4 is 8.32 Å². The summed E-state index contributed by atoms with van der Waals surface area (Å²) in [4.78, 5) is 0. The molecule has 2 aliphatic carbocycles. The predicted molar refractivity (Wildman–Crippen MR) is 72.0 cm³/mol. The molecule has 0 saturated heterocycles. The van der Waals surface area contributed by atoms with Crippen LogP contribution in [-0.2, 0) is 4.43 Å². The van der Waals surface area contributed by atoms with Gasteiger partial charge in [-0.1, -0.05) is 32.9 Å². The number of hydrogen-bond acceptors (Lipinski definition) is 1. The van der Waals surface area contributed by atoms with Crippen LogP contribution in [0.1, 0.15) is 33.6 Å². The Morgan fingerprint density at radius 1 is 1.06 bits per heavy atom. The van der Waals surface area contributed by atoms with Crippen molar-refractivity contribution in [2.45, 2.75) is 51.7 Å². The molecular weight excluding hydrogens is 212 g/mol. The smallest absolute Gasteiger partial charge is 0.191 e. The van der Waals surface area contributed by atoms with Crippen LogP contribution >= 0.6 is 0 Å². The van der Waals surface area contributed by atoms with Crippen molar-refractivity contribution in [1.29, 1.82) is 0 Å². The molecule has 2 rings (SSSR count). The minimum atomic E-state index is -1.34. The lowest BCUT2D eigenvalue weighted by Crippen LogP contribution is -2.37. The average molecular weight is 238 g/mol. The van der Waals surface area contributed by atoms with Crippen molar-refractivity contribution in [1.82, 2.24) is 0 Å². The topological polar surface area (TPSA) is 9.23 Å². The second-order valence-corrected chi connectivity index (χ2v) is 10.4. The fourth-order valence-electron chi connectivity index (χ4n) is 3.43. The highest BCUT2D eigenvalue weighted by atomic mass is 28.4. The van der Waals surface area contributed by atoms with Crippen molar-refractivity contribution in [2.24, 2.45) is 17.8 Å². The first-order valence-corrected chi connectivity index (χ1v) is 9.58. The molecule has 0 aromatic heterocycles. The number of rotatable bonds is 6. The Labute approximate surface area is 101 Å². The maximum absolute atomic E-state index is 6.42. The summed E-state index contributed by atoms with van der Waals surface area (Å²) >= 11 is 0. The Morgan fingerprint density at radius 2 is 1.75 bits per heavy atom. The molecule has 2 heteroatoms. The Morgan fingerprint density at radius 3 is 2.19 bits per heavy atom. The highest BCUT2D eigenvalue weighted by Gasteiger charge is 2.37. The van der Waals surface area contributed by atoms with Gasteiger partial charge in [-0.05, 0) is 48.7 Å². The van der Waals surface area contributed by atoms with Gasteiger partial charge < -0.3 is 4.43 Å². The van der Waals surface area contributed by atoms with Crippen LogP contribution < -0.4 is 0 Å². The fourth-order valence-corrected chi connectivity index (χ4v) is 6.11.